The van der Waals surface area contributed by atoms with Crippen LogP contribution in [-0.2, 0) is 6.42 Å². The molecule has 0 saturated carbocycles. The molecule has 2 aromatic rings. The van der Waals surface area contributed by atoms with Gasteiger partial charge in [0.15, 0.2) is 0 Å². The predicted molar refractivity (Wildman–Crippen MR) is 99.8 cm³/mol. The van der Waals surface area contributed by atoms with Crippen LogP contribution in [0.2, 0.25) is 0 Å². The van der Waals surface area contributed by atoms with Crippen molar-refractivity contribution < 1.29 is 9.90 Å². The van der Waals surface area contributed by atoms with E-state index in [1.807, 2.05) is 30.9 Å². The Labute approximate surface area is 147 Å². The smallest absolute Gasteiger partial charge is 0.314 e. The minimum atomic E-state index is -0.655. The lowest BCUT2D eigenvalue weighted by molar-refractivity contribution is 0.173. The number of nitrogens with one attached hydrogen (secondary N) is 2. The fraction of sp³-hybridized carbons (Fsp3) is 0.389. The van der Waals surface area contributed by atoms with Gasteiger partial charge in [0.2, 0.25) is 0 Å². The monoisotopic (exact) mass is 347 g/mol. The summed E-state index contributed by atoms with van der Waals surface area (Å²) in [6.07, 6.45) is 1.14. The molecule has 0 radical (unpaired) electrons. The molecule has 24 heavy (non-hydrogen) atoms. The number of aliphatic hydroxyl groups is 1. The number of urea groups is 1. The summed E-state index contributed by atoms with van der Waals surface area (Å²) in [5, 5.41) is 19.2. The quantitative estimate of drug-likeness (QED) is 0.644. The molecule has 1 heterocycles. The largest absolute Gasteiger partial charge is 0.387 e. The lowest BCUT2D eigenvalue weighted by Gasteiger charge is -2.13. The lowest BCUT2D eigenvalue weighted by Crippen LogP contribution is -2.38. The minimum Gasteiger partial charge on any atom is -0.387 e. The van der Waals surface area contributed by atoms with E-state index < -0.39 is 6.10 Å². The van der Waals surface area contributed by atoms with Crippen LogP contribution in [-0.4, -0.2) is 38.3 Å². The maximum Gasteiger partial charge on any atom is 0.314 e. The second-order valence-electron chi connectivity index (χ2n) is 5.87. The van der Waals surface area contributed by atoms with Crippen molar-refractivity contribution in [2.45, 2.75) is 18.9 Å². The molecular weight excluding hydrogens is 322 g/mol. The van der Waals surface area contributed by atoms with Crippen molar-refractivity contribution in [2.75, 3.05) is 32.1 Å². The number of aryl methyl sites for hydroxylation is 1. The predicted octanol–water partition coefficient (Wildman–Crippen LogP) is 2.78. The zero-order valence-corrected chi connectivity index (χ0v) is 15.0. The Hall–Kier alpha value is -2.05. The van der Waals surface area contributed by atoms with Gasteiger partial charge >= 0.3 is 6.03 Å². The molecule has 6 heteroatoms. The number of carbonyl (C=O) groups excluding carboxylic acids is 1. The van der Waals surface area contributed by atoms with E-state index in [0.717, 1.165) is 18.4 Å². The van der Waals surface area contributed by atoms with Crippen molar-refractivity contribution in [3.63, 3.8) is 0 Å². The van der Waals surface area contributed by atoms with Gasteiger partial charge in [0.1, 0.15) is 0 Å². The SMILES string of the molecule is CN(C)c1ccc(CCCNC(=O)NC[C@H](O)c2ccsc2)cc1. The van der Waals surface area contributed by atoms with Crippen LogP contribution in [0.4, 0.5) is 10.5 Å². The van der Waals surface area contributed by atoms with E-state index in [0.29, 0.717) is 6.54 Å². The fourth-order valence-electron chi connectivity index (χ4n) is 2.29. The number of hydrogen-bond donors (Lipinski definition) is 3. The highest BCUT2D eigenvalue weighted by Crippen LogP contribution is 2.15. The third kappa shape index (κ3) is 5.86. The third-order valence-electron chi connectivity index (χ3n) is 3.76. The Kier molecular flexibility index (Phi) is 7.08. The van der Waals surface area contributed by atoms with Gasteiger partial charge < -0.3 is 20.6 Å². The molecule has 0 aliphatic rings. The molecule has 0 spiro atoms. The molecule has 0 fully saturated rings. The topological polar surface area (TPSA) is 64.6 Å². The van der Waals surface area contributed by atoms with E-state index in [2.05, 4.69) is 39.8 Å². The van der Waals surface area contributed by atoms with Crippen LogP contribution >= 0.6 is 11.3 Å². The van der Waals surface area contributed by atoms with Gasteiger partial charge in [0, 0.05) is 32.9 Å². The molecule has 0 bridgehead atoms. The highest BCUT2D eigenvalue weighted by molar-refractivity contribution is 7.07. The van der Waals surface area contributed by atoms with E-state index in [-0.39, 0.29) is 12.6 Å². The van der Waals surface area contributed by atoms with Crippen LogP contribution < -0.4 is 15.5 Å². The number of rotatable bonds is 8. The normalized spacial score (nSPS) is 11.8. The minimum absolute atomic E-state index is 0.217. The number of aliphatic hydroxyl groups excluding tert-OH is 1. The van der Waals surface area contributed by atoms with E-state index >= 15 is 0 Å². The van der Waals surface area contributed by atoms with Gasteiger partial charge in [-0.15, -0.1) is 0 Å². The van der Waals surface area contributed by atoms with Gasteiger partial charge in [0.25, 0.3) is 0 Å². The Bertz CT molecular complexity index is 612. The Morgan fingerprint density at radius 3 is 2.58 bits per heavy atom. The van der Waals surface area contributed by atoms with Crippen LogP contribution in [0.3, 0.4) is 0 Å². The van der Waals surface area contributed by atoms with Crippen molar-refractivity contribution in [1.29, 1.82) is 0 Å². The van der Waals surface area contributed by atoms with Gasteiger partial charge in [-0.05, 0) is 52.9 Å². The van der Waals surface area contributed by atoms with Crippen molar-refractivity contribution >= 4 is 23.1 Å². The van der Waals surface area contributed by atoms with E-state index in [4.69, 9.17) is 0 Å². The summed E-state index contributed by atoms with van der Waals surface area (Å²) in [5.41, 5.74) is 3.28. The Morgan fingerprint density at radius 1 is 1.21 bits per heavy atom. The molecule has 0 aliphatic heterocycles. The van der Waals surface area contributed by atoms with E-state index in [1.165, 1.54) is 22.6 Å². The zero-order valence-electron chi connectivity index (χ0n) is 14.2. The molecule has 0 unspecified atom stereocenters. The maximum absolute atomic E-state index is 11.7. The molecule has 0 aliphatic carbocycles. The molecule has 1 aromatic heterocycles. The Morgan fingerprint density at radius 2 is 1.96 bits per heavy atom. The summed E-state index contributed by atoms with van der Waals surface area (Å²) in [6.45, 7) is 0.824. The first-order valence-corrected chi connectivity index (χ1v) is 8.98. The first-order chi connectivity index (χ1) is 11.6. The van der Waals surface area contributed by atoms with Crippen LogP contribution in [0, 0.1) is 0 Å². The first kappa shape index (κ1) is 18.3. The highest BCUT2D eigenvalue weighted by atomic mass is 32.1. The van der Waals surface area contributed by atoms with Crippen molar-refractivity contribution in [1.82, 2.24) is 10.6 Å². The zero-order chi connectivity index (χ0) is 17.4. The van der Waals surface area contributed by atoms with Gasteiger partial charge in [-0.25, -0.2) is 4.79 Å². The van der Waals surface area contributed by atoms with Crippen LogP contribution in [0.25, 0.3) is 0 Å². The number of amides is 2. The molecule has 130 valence electrons. The second kappa shape index (κ2) is 9.30. The van der Waals surface area contributed by atoms with Crippen LogP contribution in [0.5, 0.6) is 0 Å². The fourth-order valence-corrected chi connectivity index (χ4v) is 3.00. The number of carbonyl (C=O) groups is 1. The number of benzene rings is 1. The molecule has 1 atom stereocenters. The standard InChI is InChI=1S/C18H25N3O2S/c1-21(2)16-7-5-14(6-8-16)4-3-10-19-18(23)20-12-17(22)15-9-11-24-13-15/h5-9,11,13,17,22H,3-4,10,12H2,1-2H3,(H2,19,20,23)/t17-/m0/s1. The number of thiophene rings is 1. The number of hydrogen-bond acceptors (Lipinski definition) is 4. The van der Waals surface area contributed by atoms with E-state index in [1.54, 1.807) is 0 Å². The molecule has 2 amide bonds. The summed E-state index contributed by atoms with van der Waals surface area (Å²) in [7, 11) is 4.04. The summed E-state index contributed by atoms with van der Waals surface area (Å²) >= 11 is 1.53. The summed E-state index contributed by atoms with van der Waals surface area (Å²) in [6, 6.07) is 10.0. The molecule has 2 rings (SSSR count). The van der Waals surface area contributed by atoms with Crippen molar-refractivity contribution in [3.8, 4) is 0 Å². The molecular formula is C18H25N3O2S. The van der Waals surface area contributed by atoms with Gasteiger partial charge in [-0.2, -0.15) is 11.3 Å². The van der Waals surface area contributed by atoms with Crippen LogP contribution in [0.1, 0.15) is 23.7 Å². The molecule has 1 aromatic carbocycles. The first-order valence-electron chi connectivity index (χ1n) is 8.04. The average Bonchev–Trinajstić information content (AvgIpc) is 3.11. The molecule has 0 saturated heterocycles. The summed E-state index contributed by atoms with van der Waals surface area (Å²) in [4.78, 5) is 13.8. The average molecular weight is 347 g/mol. The maximum atomic E-state index is 11.7. The third-order valence-corrected chi connectivity index (χ3v) is 4.47. The lowest BCUT2D eigenvalue weighted by atomic mass is 10.1. The highest BCUT2D eigenvalue weighted by Gasteiger charge is 2.09. The van der Waals surface area contributed by atoms with Gasteiger partial charge in [-0.3, -0.25) is 0 Å². The van der Waals surface area contributed by atoms with Gasteiger partial charge in [-0.1, -0.05) is 12.1 Å². The molecule has 3 N–H and O–H groups in total. The van der Waals surface area contributed by atoms with Gasteiger partial charge in [0.05, 0.1) is 6.10 Å². The van der Waals surface area contributed by atoms with Crippen molar-refractivity contribution in [2.24, 2.45) is 0 Å². The second-order valence-corrected chi connectivity index (χ2v) is 6.65. The number of anilines is 1. The molecule has 5 nitrogen and oxygen atoms in total. The number of nitrogens with zero attached hydrogens (tertiary/aromatic N) is 1. The summed E-state index contributed by atoms with van der Waals surface area (Å²) in [5.74, 6) is 0. The summed E-state index contributed by atoms with van der Waals surface area (Å²) < 4.78 is 0. The Balaban J connectivity index is 1.60. The van der Waals surface area contributed by atoms with E-state index in [9.17, 15) is 9.90 Å². The van der Waals surface area contributed by atoms with Crippen molar-refractivity contribution in [3.05, 3.63) is 52.2 Å². The van der Waals surface area contributed by atoms with Crippen LogP contribution in [0.15, 0.2) is 41.1 Å².